The van der Waals surface area contributed by atoms with E-state index in [0.717, 1.165) is 11.1 Å². The highest BCUT2D eigenvalue weighted by atomic mass is 32.1. The fourth-order valence-corrected chi connectivity index (χ4v) is 2.35. The average Bonchev–Trinajstić information content (AvgIpc) is 2.57. The molecule has 0 aliphatic carbocycles. The van der Waals surface area contributed by atoms with Crippen LogP contribution in [0.2, 0.25) is 0 Å². The molecule has 0 aliphatic rings. The summed E-state index contributed by atoms with van der Waals surface area (Å²) in [7, 11) is 0. The van der Waals surface area contributed by atoms with Gasteiger partial charge in [-0.3, -0.25) is 14.9 Å². The summed E-state index contributed by atoms with van der Waals surface area (Å²) >= 11 is 5.19. The second-order valence-electron chi connectivity index (χ2n) is 5.69. The molecule has 2 aromatic rings. The van der Waals surface area contributed by atoms with Crippen molar-refractivity contribution in [3.8, 4) is 0 Å². The molecule has 0 aliphatic heterocycles. The maximum Gasteiger partial charge on any atom is 0.257 e. The van der Waals surface area contributed by atoms with Crippen LogP contribution in [0.3, 0.4) is 0 Å². The number of aryl methyl sites for hydroxylation is 2. The number of rotatable bonds is 4. The molecule has 25 heavy (non-hydrogen) atoms. The second kappa shape index (κ2) is 8.39. The van der Waals surface area contributed by atoms with Crippen molar-refractivity contribution in [1.82, 2.24) is 5.32 Å². The number of benzene rings is 2. The van der Waals surface area contributed by atoms with Gasteiger partial charge in [-0.1, -0.05) is 19.1 Å². The van der Waals surface area contributed by atoms with Crippen LogP contribution in [0.4, 0.5) is 11.4 Å². The van der Waals surface area contributed by atoms with Gasteiger partial charge in [-0.05, 0) is 67.5 Å². The first-order valence-corrected chi connectivity index (χ1v) is 8.39. The Morgan fingerprint density at radius 1 is 0.960 bits per heavy atom. The van der Waals surface area contributed by atoms with Crippen molar-refractivity contribution in [2.24, 2.45) is 0 Å². The number of nitrogens with one attached hydrogen (secondary N) is 3. The standard InChI is InChI=1S/C19H21N3O2S/c1-4-17(23)20-15-6-5-7-16(11-15)21-19(25)22-18(24)14-9-8-12(2)13(3)10-14/h5-11H,4H2,1-3H3,(H,20,23)(H2,21,22,24,25). The van der Waals surface area contributed by atoms with Crippen molar-refractivity contribution in [3.63, 3.8) is 0 Å². The van der Waals surface area contributed by atoms with Gasteiger partial charge < -0.3 is 10.6 Å². The smallest absolute Gasteiger partial charge is 0.257 e. The summed E-state index contributed by atoms with van der Waals surface area (Å²) in [6, 6.07) is 12.6. The monoisotopic (exact) mass is 355 g/mol. The largest absolute Gasteiger partial charge is 0.332 e. The first-order valence-electron chi connectivity index (χ1n) is 7.98. The molecular formula is C19H21N3O2S. The SMILES string of the molecule is CCC(=O)Nc1cccc(NC(=S)NC(=O)c2ccc(C)c(C)c2)c1. The van der Waals surface area contributed by atoms with Crippen LogP contribution in [0.25, 0.3) is 0 Å². The zero-order valence-electron chi connectivity index (χ0n) is 14.5. The first kappa shape index (κ1) is 18.6. The van der Waals surface area contributed by atoms with Gasteiger partial charge in [0.25, 0.3) is 5.91 Å². The Hall–Kier alpha value is -2.73. The van der Waals surface area contributed by atoms with Crippen molar-refractivity contribution in [1.29, 1.82) is 0 Å². The number of amides is 2. The molecule has 0 saturated carbocycles. The van der Waals surface area contributed by atoms with Crippen molar-refractivity contribution in [2.75, 3.05) is 10.6 Å². The fraction of sp³-hybridized carbons (Fsp3) is 0.211. The fourth-order valence-electron chi connectivity index (χ4n) is 2.14. The lowest BCUT2D eigenvalue weighted by molar-refractivity contribution is -0.115. The number of thiocarbonyl (C=S) groups is 1. The van der Waals surface area contributed by atoms with Crippen LogP contribution < -0.4 is 16.0 Å². The Morgan fingerprint density at radius 2 is 1.64 bits per heavy atom. The Kier molecular flexibility index (Phi) is 6.25. The number of carbonyl (C=O) groups excluding carboxylic acids is 2. The van der Waals surface area contributed by atoms with E-state index in [9.17, 15) is 9.59 Å². The molecule has 6 heteroatoms. The summed E-state index contributed by atoms with van der Waals surface area (Å²) in [6.07, 6.45) is 0.405. The molecule has 2 rings (SSSR count). The number of anilines is 2. The molecule has 0 aromatic heterocycles. The highest BCUT2D eigenvalue weighted by Crippen LogP contribution is 2.15. The maximum absolute atomic E-state index is 12.3. The summed E-state index contributed by atoms with van der Waals surface area (Å²) in [5.41, 5.74) is 4.07. The average molecular weight is 355 g/mol. The van der Waals surface area contributed by atoms with Gasteiger partial charge >= 0.3 is 0 Å². The lowest BCUT2D eigenvalue weighted by atomic mass is 10.1. The molecule has 130 valence electrons. The van der Waals surface area contributed by atoms with Crippen LogP contribution in [-0.4, -0.2) is 16.9 Å². The van der Waals surface area contributed by atoms with Gasteiger partial charge in [0.2, 0.25) is 5.91 Å². The molecule has 3 N–H and O–H groups in total. The van der Waals surface area contributed by atoms with E-state index in [4.69, 9.17) is 12.2 Å². The lowest BCUT2D eigenvalue weighted by Gasteiger charge is -2.12. The zero-order valence-corrected chi connectivity index (χ0v) is 15.3. The van der Waals surface area contributed by atoms with E-state index in [1.54, 1.807) is 37.3 Å². The van der Waals surface area contributed by atoms with Crippen LogP contribution >= 0.6 is 12.2 Å². The molecule has 5 nitrogen and oxygen atoms in total. The topological polar surface area (TPSA) is 70.2 Å². The molecule has 0 fully saturated rings. The van der Waals surface area contributed by atoms with E-state index in [1.165, 1.54) is 0 Å². The van der Waals surface area contributed by atoms with Crippen LogP contribution in [0, 0.1) is 13.8 Å². The molecule has 0 atom stereocenters. The summed E-state index contributed by atoms with van der Waals surface area (Å²) in [6.45, 7) is 5.74. The Bertz CT molecular complexity index is 818. The maximum atomic E-state index is 12.3. The Balaban J connectivity index is 1.99. The first-order chi connectivity index (χ1) is 11.9. The number of hydrogen-bond donors (Lipinski definition) is 3. The highest BCUT2D eigenvalue weighted by molar-refractivity contribution is 7.80. The van der Waals surface area contributed by atoms with E-state index in [-0.39, 0.29) is 16.9 Å². The molecule has 0 bridgehead atoms. The van der Waals surface area contributed by atoms with Gasteiger partial charge in [0, 0.05) is 23.4 Å². The van der Waals surface area contributed by atoms with E-state index in [0.29, 0.717) is 23.4 Å². The minimum atomic E-state index is -0.268. The Morgan fingerprint density at radius 3 is 2.28 bits per heavy atom. The molecule has 0 radical (unpaired) electrons. The number of carbonyl (C=O) groups is 2. The normalized spacial score (nSPS) is 10.0. The predicted molar refractivity (Wildman–Crippen MR) is 105 cm³/mol. The van der Waals surface area contributed by atoms with Crippen molar-refractivity contribution in [3.05, 3.63) is 59.2 Å². The van der Waals surface area contributed by atoms with Gasteiger partial charge in [-0.25, -0.2) is 0 Å². The van der Waals surface area contributed by atoms with Crippen LogP contribution in [-0.2, 0) is 4.79 Å². The van der Waals surface area contributed by atoms with Crippen molar-refractivity contribution < 1.29 is 9.59 Å². The second-order valence-corrected chi connectivity index (χ2v) is 6.10. The van der Waals surface area contributed by atoms with Gasteiger partial charge in [0.15, 0.2) is 5.11 Å². The molecule has 0 heterocycles. The van der Waals surface area contributed by atoms with Crippen LogP contribution in [0.15, 0.2) is 42.5 Å². The molecule has 0 spiro atoms. The van der Waals surface area contributed by atoms with Crippen molar-refractivity contribution in [2.45, 2.75) is 27.2 Å². The van der Waals surface area contributed by atoms with Gasteiger partial charge in [0.1, 0.15) is 0 Å². The minimum Gasteiger partial charge on any atom is -0.332 e. The summed E-state index contributed by atoms with van der Waals surface area (Å²) in [5, 5.41) is 8.58. The summed E-state index contributed by atoms with van der Waals surface area (Å²) in [4.78, 5) is 23.7. The van der Waals surface area contributed by atoms with Crippen molar-refractivity contribution >= 4 is 40.5 Å². The zero-order chi connectivity index (χ0) is 18.4. The predicted octanol–water partition coefficient (Wildman–Crippen LogP) is 3.78. The molecular weight excluding hydrogens is 334 g/mol. The van der Waals surface area contributed by atoms with E-state index < -0.39 is 0 Å². The minimum absolute atomic E-state index is 0.0669. The molecule has 0 unspecified atom stereocenters. The summed E-state index contributed by atoms with van der Waals surface area (Å²) < 4.78 is 0. The third-order valence-corrected chi connectivity index (χ3v) is 3.93. The van der Waals surface area contributed by atoms with Gasteiger partial charge in [-0.2, -0.15) is 0 Å². The van der Waals surface area contributed by atoms with Crippen LogP contribution in [0.5, 0.6) is 0 Å². The van der Waals surface area contributed by atoms with E-state index in [1.807, 2.05) is 26.0 Å². The molecule has 2 aromatic carbocycles. The highest BCUT2D eigenvalue weighted by Gasteiger charge is 2.09. The van der Waals surface area contributed by atoms with Gasteiger partial charge in [-0.15, -0.1) is 0 Å². The third-order valence-electron chi connectivity index (χ3n) is 3.72. The van der Waals surface area contributed by atoms with E-state index in [2.05, 4.69) is 16.0 Å². The van der Waals surface area contributed by atoms with Crippen LogP contribution in [0.1, 0.15) is 34.8 Å². The molecule has 0 saturated heterocycles. The van der Waals surface area contributed by atoms with E-state index >= 15 is 0 Å². The summed E-state index contributed by atoms with van der Waals surface area (Å²) in [5.74, 6) is -0.334. The number of hydrogen-bond acceptors (Lipinski definition) is 3. The third kappa shape index (κ3) is 5.39. The molecule has 2 amide bonds. The quantitative estimate of drug-likeness (QED) is 0.730. The van der Waals surface area contributed by atoms with Gasteiger partial charge in [0.05, 0.1) is 0 Å². The Labute approximate surface area is 152 Å². The lowest BCUT2D eigenvalue weighted by Crippen LogP contribution is -2.34.